The van der Waals surface area contributed by atoms with Crippen LogP contribution in [-0.2, 0) is 35.7 Å². The molecule has 1 aliphatic heterocycles. The van der Waals surface area contributed by atoms with Gasteiger partial charge in [0.05, 0.1) is 10.6 Å². The summed E-state index contributed by atoms with van der Waals surface area (Å²) in [5.41, 5.74) is 1.20. The lowest BCUT2D eigenvalue weighted by Crippen LogP contribution is -2.46. The van der Waals surface area contributed by atoms with Gasteiger partial charge in [-0.2, -0.15) is 0 Å². The number of benzene rings is 3. The van der Waals surface area contributed by atoms with Crippen molar-refractivity contribution in [2.24, 2.45) is 0 Å². The molecule has 1 saturated heterocycles. The average molecular weight is 629 g/mol. The van der Waals surface area contributed by atoms with E-state index < -0.39 is 34.5 Å². The topological polar surface area (TPSA) is 134 Å². The normalized spacial score (nSPS) is 13.5. The number of amides is 3. The Kier molecular flexibility index (Phi) is 11.0. The summed E-state index contributed by atoms with van der Waals surface area (Å²) in [5, 5.41) is 5.80. The fraction of sp³-hybridized carbons (Fsp3) is 0.300. The van der Waals surface area contributed by atoms with Gasteiger partial charge < -0.3 is 25.0 Å². The number of anilines is 2. The molecule has 3 aromatic rings. The number of hydrogen-bond donors (Lipinski definition) is 2. The third kappa shape index (κ3) is 9.18. The predicted molar refractivity (Wildman–Crippen MR) is 162 cm³/mol. The van der Waals surface area contributed by atoms with Crippen molar-refractivity contribution in [3.8, 4) is 0 Å². The highest BCUT2D eigenvalue weighted by molar-refractivity contribution is 7.92. The van der Waals surface area contributed by atoms with Gasteiger partial charge in [0.15, 0.2) is 0 Å². The van der Waals surface area contributed by atoms with Crippen molar-refractivity contribution in [3.05, 3.63) is 89.4 Å². The molecule has 0 atom stereocenters. The largest absolute Gasteiger partial charge is 0.445 e. The van der Waals surface area contributed by atoms with Gasteiger partial charge in [-0.3, -0.25) is 13.9 Å². The van der Waals surface area contributed by atoms with E-state index in [1.807, 2.05) is 30.3 Å². The molecule has 3 amide bonds. The van der Waals surface area contributed by atoms with Gasteiger partial charge in [-0.25, -0.2) is 13.2 Å². The lowest BCUT2D eigenvalue weighted by molar-refractivity contribution is -0.121. The SMILES string of the molecule is CN(CC(=O)Nc1cccc(S(=O)(=O)N(CC(=O)NC2CCOCC2)c2cccc(Cl)c2)c1)C(=O)OCc1ccccc1. The second-order valence-corrected chi connectivity index (χ2v) is 12.2. The highest BCUT2D eigenvalue weighted by Crippen LogP contribution is 2.27. The summed E-state index contributed by atoms with van der Waals surface area (Å²) < 4.78 is 39.3. The van der Waals surface area contributed by atoms with Crippen LogP contribution in [0.15, 0.2) is 83.8 Å². The molecule has 0 aromatic heterocycles. The van der Waals surface area contributed by atoms with E-state index in [2.05, 4.69) is 10.6 Å². The molecular weight excluding hydrogens is 596 g/mol. The summed E-state index contributed by atoms with van der Waals surface area (Å²) >= 11 is 6.15. The number of hydrogen-bond acceptors (Lipinski definition) is 7. The summed E-state index contributed by atoms with van der Waals surface area (Å²) in [6.45, 7) is 0.286. The monoisotopic (exact) mass is 628 g/mol. The van der Waals surface area contributed by atoms with Crippen molar-refractivity contribution >= 4 is 50.9 Å². The second-order valence-electron chi connectivity index (χ2n) is 9.92. The summed E-state index contributed by atoms with van der Waals surface area (Å²) in [7, 11) is -2.86. The number of rotatable bonds is 11. The number of sulfonamides is 1. The Balaban J connectivity index is 1.44. The Morgan fingerprint density at radius 2 is 1.65 bits per heavy atom. The van der Waals surface area contributed by atoms with Crippen molar-refractivity contribution in [1.29, 1.82) is 0 Å². The third-order valence-electron chi connectivity index (χ3n) is 6.57. The standard InChI is InChI=1S/C30H33ClN4O7S/c1-34(30(38)42-21-22-7-3-2-4-8-22)19-28(36)33-25-10-6-12-27(18-25)43(39,40)35(26-11-5-9-23(31)17-26)20-29(37)32-24-13-15-41-16-14-24/h2-12,17-18,24H,13-16,19-21H2,1H3,(H,32,37)(H,33,36). The van der Waals surface area contributed by atoms with Gasteiger partial charge in [-0.05, 0) is 54.8 Å². The van der Waals surface area contributed by atoms with Crippen LogP contribution >= 0.6 is 11.6 Å². The summed E-state index contributed by atoms with van der Waals surface area (Å²) in [5.74, 6) is -1.03. The maximum absolute atomic E-state index is 13.9. The Bertz CT molecular complexity index is 1530. The Hall–Kier alpha value is -4.13. The number of carbonyl (C=O) groups is 3. The molecule has 0 spiro atoms. The van der Waals surface area contributed by atoms with E-state index in [0.717, 1.165) is 14.8 Å². The van der Waals surface area contributed by atoms with Crippen LogP contribution in [0.5, 0.6) is 0 Å². The van der Waals surface area contributed by atoms with Gasteiger partial charge >= 0.3 is 6.09 Å². The number of likely N-dealkylation sites (N-methyl/N-ethyl adjacent to an activating group) is 1. The first kappa shape index (κ1) is 31.8. The number of ether oxygens (including phenoxy) is 2. The molecule has 0 saturated carbocycles. The van der Waals surface area contributed by atoms with E-state index in [1.54, 1.807) is 18.2 Å². The lowest BCUT2D eigenvalue weighted by Gasteiger charge is -2.27. The van der Waals surface area contributed by atoms with E-state index in [-0.39, 0.29) is 35.5 Å². The van der Waals surface area contributed by atoms with E-state index in [9.17, 15) is 22.8 Å². The average Bonchev–Trinajstić information content (AvgIpc) is 2.99. The molecule has 11 nitrogen and oxygen atoms in total. The maximum Gasteiger partial charge on any atom is 0.410 e. The summed E-state index contributed by atoms with van der Waals surface area (Å²) in [6.07, 6.45) is 0.584. The maximum atomic E-state index is 13.9. The highest BCUT2D eigenvalue weighted by atomic mass is 35.5. The first-order valence-corrected chi connectivity index (χ1v) is 15.4. The van der Waals surface area contributed by atoms with E-state index in [1.165, 1.54) is 37.4 Å². The quantitative estimate of drug-likeness (QED) is 0.327. The van der Waals surface area contributed by atoms with Gasteiger partial charge in [0.25, 0.3) is 10.0 Å². The minimum atomic E-state index is -4.28. The zero-order valence-corrected chi connectivity index (χ0v) is 25.1. The number of carbonyl (C=O) groups excluding carboxylic acids is 3. The van der Waals surface area contributed by atoms with Gasteiger partial charge in [0.2, 0.25) is 11.8 Å². The predicted octanol–water partition coefficient (Wildman–Crippen LogP) is 4.04. The molecule has 1 aliphatic rings. The Labute approximate surface area is 255 Å². The van der Waals surface area contributed by atoms with Crippen LogP contribution in [0, 0.1) is 0 Å². The van der Waals surface area contributed by atoms with Gasteiger partial charge in [-0.15, -0.1) is 0 Å². The van der Waals surface area contributed by atoms with Gasteiger partial charge in [-0.1, -0.05) is 54.1 Å². The number of nitrogens with zero attached hydrogens (tertiary/aromatic N) is 2. The zero-order chi connectivity index (χ0) is 30.8. The highest BCUT2D eigenvalue weighted by Gasteiger charge is 2.29. The van der Waals surface area contributed by atoms with Crippen molar-refractivity contribution in [3.63, 3.8) is 0 Å². The van der Waals surface area contributed by atoms with Crippen LogP contribution in [0.4, 0.5) is 16.2 Å². The van der Waals surface area contributed by atoms with E-state index >= 15 is 0 Å². The summed E-state index contributed by atoms with van der Waals surface area (Å²) in [6, 6.07) is 20.8. The fourth-order valence-electron chi connectivity index (χ4n) is 4.36. The number of halogens is 1. The Morgan fingerprint density at radius 3 is 2.37 bits per heavy atom. The molecule has 2 N–H and O–H groups in total. The molecule has 1 heterocycles. The molecule has 4 rings (SSSR count). The van der Waals surface area contributed by atoms with Crippen LogP contribution in [-0.4, -0.2) is 70.6 Å². The van der Waals surface area contributed by atoms with Crippen LogP contribution in [0.25, 0.3) is 0 Å². The second kappa shape index (κ2) is 14.9. The molecule has 13 heteroatoms. The molecule has 0 radical (unpaired) electrons. The Morgan fingerprint density at radius 1 is 0.930 bits per heavy atom. The molecule has 0 unspecified atom stereocenters. The smallest absolute Gasteiger partial charge is 0.410 e. The van der Waals surface area contributed by atoms with Crippen LogP contribution in [0.1, 0.15) is 18.4 Å². The first-order valence-electron chi connectivity index (χ1n) is 13.6. The third-order valence-corrected chi connectivity index (χ3v) is 8.58. The number of nitrogens with one attached hydrogen (secondary N) is 2. The van der Waals surface area contributed by atoms with Crippen LogP contribution in [0.3, 0.4) is 0 Å². The van der Waals surface area contributed by atoms with Crippen molar-refractivity contribution in [1.82, 2.24) is 10.2 Å². The van der Waals surface area contributed by atoms with Gasteiger partial charge in [0, 0.05) is 37.0 Å². The first-order chi connectivity index (χ1) is 20.6. The van der Waals surface area contributed by atoms with E-state index in [0.29, 0.717) is 31.1 Å². The minimum Gasteiger partial charge on any atom is -0.445 e. The fourth-order valence-corrected chi connectivity index (χ4v) is 6.01. The molecular formula is C30H33ClN4O7S. The molecule has 0 aliphatic carbocycles. The summed E-state index contributed by atoms with van der Waals surface area (Å²) in [4.78, 5) is 38.9. The van der Waals surface area contributed by atoms with Gasteiger partial charge in [0.1, 0.15) is 19.7 Å². The van der Waals surface area contributed by atoms with Crippen molar-refractivity contribution in [2.75, 3.05) is 43.0 Å². The minimum absolute atomic E-state index is 0.0573. The molecule has 0 bridgehead atoms. The van der Waals surface area contributed by atoms with Crippen LogP contribution < -0.4 is 14.9 Å². The van der Waals surface area contributed by atoms with Crippen molar-refractivity contribution < 1.29 is 32.3 Å². The zero-order valence-electron chi connectivity index (χ0n) is 23.6. The lowest BCUT2D eigenvalue weighted by atomic mass is 10.1. The van der Waals surface area contributed by atoms with E-state index in [4.69, 9.17) is 21.1 Å². The van der Waals surface area contributed by atoms with Crippen LogP contribution in [0.2, 0.25) is 5.02 Å². The molecule has 3 aromatic carbocycles. The molecule has 1 fully saturated rings. The molecule has 43 heavy (non-hydrogen) atoms. The van der Waals surface area contributed by atoms with Crippen molar-refractivity contribution in [2.45, 2.75) is 30.4 Å². The molecule has 228 valence electrons.